The van der Waals surface area contributed by atoms with E-state index >= 15 is 0 Å². The summed E-state index contributed by atoms with van der Waals surface area (Å²) >= 11 is 0. The Morgan fingerprint density at radius 1 is 1.17 bits per heavy atom. The molecule has 2 aromatic carbocycles. The second-order valence-electron chi connectivity index (χ2n) is 6.41. The van der Waals surface area contributed by atoms with Crippen LogP contribution in [-0.4, -0.2) is 22.4 Å². The largest absolute Gasteiger partial charge is 0.434 e. The van der Waals surface area contributed by atoms with Gasteiger partial charge in [-0.15, -0.1) is 0 Å². The van der Waals surface area contributed by atoms with E-state index in [-0.39, 0.29) is 5.75 Å². The number of carbonyl (C=O) groups is 1. The molecule has 0 radical (unpaired) electrons. The molecule has 2 N–H and O–H groups in total. The highest BCUT2D eigenvalue weighted by Gasteiger charge is 2.19. The van der Waals surface area contributed by atoms with Gasteiger partial charge in [0.1, 0.15) is 5.75 Å². The molecule has 0 spiro atoms. The minimum atomic E-state index is -2.93. The standard InChI is InChI=1S/C21H22F2N4O2/c1-3-18(17-9-4-5-10-19(17)29-20(22)23)26-21(28)25-15-7-6-8-16(13-15)27-14(2)11-12-24-27/h4-13,18,20H,3H2,1-2H3,(H2,25,26,28). The number of aromatic nitrogens is 2. The van der Waals surface area contributed by atoms with Crippen LogP contribution in [0.2, 0.25) is 0 Å². The number of halogens is 2. The van der Waals surface area contributed by atoms with Gasteiger partial charge >= 0.3 is 12.6 Å². The third kappa shape index (κ3) is 5.10. The van der Waals surface area contributed by atoms with Crippen molar-refractivity contribution in [3.05, 3.63) is 72.1 Å². The fourth-order valence-corrected chi connectivity index (χ4v) is 3.05. The number of aryl methyl sites for hydroxylation is 1. The summed E-state index contributed by atoms with van der Waals surface area (Å²) in [6.45, 7) is 0.853. The van der Waals surface area contributed by atoms with Crippen molar-refractivity contribution in [3.63, 3.8) is 0 Å². The van der Waals surface area contributed by atoms with E-state index < -0.39 is 18.7 Å². The van der Waals surface area contributed by atoms with Gasteiger partial charge in [-0.05, 0) is 43.7 Å². The van der Waals surface area contributed by atoms with E-state index in [1.807, 2.05) is 32.0 Å². The average molecular weight is 400 g/mol. The summed E-state index contributed by atoms with van der Waals surface area (Å²) in [7, 11) is 0. The van der Waals surface area contributed by atoms with E-state index in [2.05, 4.69) is 20.5 Å². The lowest BCUT2D eigenvalue weighted by atomic mass is 10.0. The number of nitrogens with zero attached hydrogens (tertiary/aromatic N) is 2. The number of amides is 2. The van der Waals surface area contributed by atoms with Crippen molar-refractivity contribution in [1.29, 1.82) is 0 Å². The van der Waals surface area contributed by atoms with Gasteiger partial charge in [0.25, 0.3) is 0 Å². The second-order valence-corrected chi connectivity index (χ2v) is 6.41. The molecule has 6 nitrogen and oxygen atoms in total. The maximum Gasteiger partial charge on any atom is 0.387 e. The first-order chi connectivity index (χ1) is 14.0. The van der Waals surface area contributed by atoms with Crippen molar-refractivity contribution in [2.24, 2.45) is 0 Å². The minimum absolute atomic E-state index is 0.0470. The molecule has 29 heavy (non-hydrogen) atoms. The summed E-state index contributed by atoms with van der Waals surface area (Å²) in [6, 6.07) is 14.7. The van der Waals surface area contributed by atoms with Crippen LogP contribution in [0.15, 0.2) is 60.8 Å². The lowest BCUT2D eigenvalue weighted by Crippen LogP contribution is -2.32. The molecule has 0 saturated carbocycles. The van der Waals surface area contributed by atoms with E-state index in [1.165, 1.54) is 6.07 Å². The fourth-order valence-electron chi connectivity index (χ4n) is 3.05. The van der Waals surface area contributed by atoms with Gasteiger partial charge in [0.15, 0.2) is 0 Å². The van der Waals surface area contributed by atoms with Gasteiger partial charge in [-0.3, -0.25) is 0 Å². The Morgan fingerprint density at radius 3 is 2.66 bits per heavy atom. The number of para-hydroxylation sites is 1. The van der Waals surface area contributed by atoms with Gasteiger partial charge in [-0.1, -0.05) is 31.2 Å². The van der Waals surface area contributed by atoms with Crippen molar-refractivity contribution in [2.45, 2.75) is 32.9 Å². The number of nitrogens with one attached hydrogen (secondary N) is 2. The number of benzene rings is 2. The van der Waals surface area contributed by atoms with Crippen LogP contribution in [0, 0.1) is 6.92 Å². The predicted octanol–water partition coefficient (Wildman–Crippen LogP) is 5.05. The second kappa shape index (κ2) is 9.18. The zero-order chi connectivity index (χ0) is 20.8. The van der Waals surface area contributed by atoms with Gasteiger partial charge in [0.2, 0.25) is 0 Å². The van der Waals surface area contributed by atoms with Crippen LogP contribution in [0.25, 0.3) is 5.69 Å². The monoisotopic (exact) mass is 400 g/mol. The molecule has 1 heterocycles. The molecule has 0 fully saturated rings. The lowest BCUT2D eigenvalue weighted by molar-refractivity contribution is -0.0506. The zero-order valence-corrected chi connectivity index (χ0v) is 16.1. The summed E-state index contributed by atoms with van der Waals surface area (Å²) in [5.74, 6) is 0.0470. The Bertz CT molecular complexity index is 975. The third-order valence-electron chi connectivity index (χ3n) is 4.40. The molecule has 152 valence electrons. The van der Waals surface area contributed by atoms with E-state index in [9.17, 15) is 13.6 Å². The highest BCUT2D eigenvalue weighted by atomic mass is 19.3. The summed E-state index contributed by atoms with van der Waals surface area (Å²) in [5, 5.41) is 9.85. The van der Waals surface area contributed by atoms with E-state index in [0.29, 0.717) is 17.7 Å². The topological polar surface area (TPSA) is 68.2 Å². The van der Waals surface area contributed by atoms with Crippen molar-refractivity contribution in [1.82, 2.24) is 15.1 Å². The highest BCUT2D eigenvalue weighted by Crippen LogP contribution is 2.28. The number of rotatable bonds is 7. The fraction of sp³-hybridized carbons (Fsp3) is 0.238. The molecule has 1 unspecified atom stereocenters. The van der Waals surface area contributed by atoms with Crippen LogP contribution < -0.4 is 15.4 Å². The summed E-state index contributed by atoms with van der Waals surface area (Å²) in [5.41, 5.74) is 2.86. The number of carbonyl (C=O) groups excluding carboxylic acids is 1. The van der Waals surface area contributed by atoms with E-state index in [4.69, 9.17) is 0 Å². The molecule has 0 aliphatic rings. The third-order valence-corrected chi connectivity index (χ3v) is 4.40. The quantitative estimate of drug-likeness (QED) is 0.583. The number of hydrogen-bond donors (Lipinski definition) is 2. The van der Waals surface area contributed by atoms with Crippen LogP contribution >= 0.6 is 0 Å². The smallest absolute Gasteiger partial charge is 0.387 e. The first kappa shape index (κ1) is 20.3. The van der Waals surface area contributed by atoms with E-state index in [1.54, 1.807) is 41.2 Å². The maximum atomic E-state index is 12.7. The van der Waals surface area contributed by atoms with Crippen LogP contribution in [0.5, 0.6) is 5.75 Å². The Labute approximate surface area is 167 Å². The Hall–Kier alpha value is -3.42. The van der Waals surface area contributed by atoms with Gasteiger partial charge in [0.05, 0.1) is 11.7 Å². The number of hydrogen-bond acceptors (Lipinski definition) is 3. The predicted molar refractivity (Wildman–Crippen MR) is 107 cm³/mol. The minimum Gasteiger partial charge on any atom is -0.434 e. The number of urea groups is 1. The normalized spacial score (nSPS) is 11.9. The zero-order valence-electron chi connectivity index (χ0n) is 16.1. The number of ether oxygens (including phenoxy) is 1. The Balaban J connectivity index is 1.73. The molecule has 1 aromatic heterocycles. The van der Waals surface area contributed by atoms with Crippen molar-refractivity contribution < 1.29 is 18.3 Å². The summed E-state index contributed by atoms with van der Waals surface area (Å²) < 4.78 is 31.7. The molecule has 8 heteroatoms. The molecule has 1 atom stereocenters. The lowest BCUT2D eigenvalue weighted by Gasteiger charge is -2.21. The molecule has 0 aliphatic heterocycles. The van der Waals surface area contributed by atoms with Crippen molar-refractivity contribution >= 4 is 11.7 Å². The number of alkyl halides is 2. The van der Waals surface area contributed by atoms with Gasteiger partial charge in [0, 0.05) is 23.1 Å². The van der Waals surface area contributed by atoms with Crippen LogP contribution in [0.3, 0.4) is 0 Å². The number of anilines is 1. The maximum absolute atomic E-state index is 12.7. The summed E-state index contributed by atoms with van der Waals surface area (Å²) in [4.78, 5) is 12.5. The molecule has 0 bridgehead atoms. The van der Waals surface area contributed by atoms with E-state index in [0.717, 1.165) is 11.4 Å². The highest BCUT2D eigenvalue weighted by molar-refractivity contribution is 5.89. The molecule has 3 aromatic rings. The Kier molecular flexibility index (Phi) is 6.43. The molecule has 0 aliphatic carbocycles. The van der Waals surface area contributed by atoms with Gasteiger partial charge in [-0.2, -0.15) is 13.9 Å². The van der Waals surface area contributed by atoms with Gasteiger partial charge in [-0.25, -0.2) is 9.48 Å². The van der Waals surface area contributed by atoms with Crippen LogP contribution in [0.4, 0.5) is 19.3 Å². The molecular formula is C21H22F2N4O2. The molecule has 2 amide bonds. The van der Waals surface area contributed by atoms with Crippen LogP contribution in [-0.2, 0) is 0 Å². The first-order valence-corrected chi connectivity index (χ1v) is 9.20. The van der Waals surface area contributed by atoms with Gasteiger partial charge < -0.3 is 15.4 Å². The SMILES string of the molecule is CCC(NC(=O)Nc1cccc(-n2nccc2C)c1)c1ccccc1OC(F)F. The Morgan fingerprint density at radius 2 is 1.97 bits per heavy atom. The molecular weight excluding hydrogens is 378 g/mol. The van der Waals surface area contributed by atoms with Crippen LogP contribution in [0.1, 0.15) is 30.6 Å². The average Bonchev–Trinajstić information content (AvgIpc) is 3.12. The molecule has 3 rings (SSSR count). The first-order valence-electron chi connectivity index (χ1n) is 9.20. The van der Waals surface area contributed by atoms with Crippen molar-refractivity contribution in [3.8, 4) is 11.4 Å². The molecule has 0 saturated heterocycles. The van der Waals surface area contributed by atoms with Crippen molar-refractivity contribution in [2.75, 3.05) is 5.32 Å². The summed E-state index contributed by atoms with van der Waals surface area (Å²) in [6.07, 6.45) is 2.20.